The Morgan fingerprint density at radius 2 is 1.97 bits per heavy atom. The van der Waals surface area contributed by atoms with Crippen LogP contribution in [0, 0.1) is 13.8 Å². The molecule has 1 saturated heterocycles. The number of nitrogens with zero attached hydrogens (tertiary/aromatic N) is 3. The zero-order chi connectivity index (χ0) is 21.4. The van der Waals surface area contributed by atoms with Crippen molar-refractivity contribution in [2.24, 2.45) is 0 Å². The Kier molecular flexibility index (Phi) is 6.02. The molecule has 4 rings (SSSR count). The van der Waals surface area contributed by atoms with Gasteiger partial charge in [0.15, 0.2) is 5.11 Å². The fraction of sp³-hybridized carbons (Fsp3) is 0.273. The summed E-state index contributed by atoms with van der Waals surface area (Å²) in [5, 5.41) is 14.9. The molecular formula is C22H22Cl2N4OS. The zero-order valence-electron chi connectivity index (χ0n) is 16.6. The third kappa shape index (κ3) is 3.69. The Morgan fingerprint density at radius 1 is 1.17 bits per heavy atom. The second-order valence-corrected chi connectivity index (χ2v) is 8.53. The first-order valence-electron chi connectivity index (χ1n) is 9.65. The molecule has 0 spiro atoms. The van der Waals surface area contributed by atoms with Crippen LogP contribution in [0.5, 0.6) is 0 Å². The fourth-order valence-corrected chi connectivity index (χ4v) is 5.04. The number of hydrogen-bond donors (Lipinski definition) is 2. The maximum atomic E-state index is 9.66. The summed E-state index contributed by atoms with van der Waals surface area (Å²) in [6.45, 7) is 4.57. The first-order valence-corrected chi connectivity index (χ1v) is 10.8. The second-order valence-electron chi connectivity index (χ2n) is 7.30. The molecule has 0 amide bonds. The van der Waals surface area contributed by atoms with E-state index in [0.717, 1.165) is 28.3 Å². The lowest BCUT2D eigenvalue weighted by molar-refractivity contribution is 0.223. The smallest absolute Gasteiger partial charge is 0.170 e. The molecule has 0 saturated carbocycles. The van der Waals surface area contributed by atoms with E-state index < -0.39 is 0 Å². The lowest BCUT2D eigenvalue weighted by atomic mass is 9.97. The fourth-order valence-electron chi connectivity index (χ4n) is 4.21. The predicted molar refractivity (Wildman–Crippen MR) is 125 cm³/mol. The largest absolute Gasteiger partial charge is 0.395 e. The molecule has 0 unspecified atom stereocenters. The van der Waals surface area contributed by atoms with Crippen molar-refractivity contribution in [3.63, 3.8) is 0 Å². The molecule has 0 radical (unpaired) electrons. The Balaban J connectivity index is 1.85. The van der Waals surface area contributed by atoms with Crippen molar-refractivity contribution >= 4 is 40.5 Å². The lowest BCUT2D eigenvalue weighted by Gasteiger charge is -2.27. The van der Waals surface area contributed by atoms with Crippen molar-refractivity contribution in [2.45, 2.75) is 25.9 Å². The number of benzene rings is 1. The van der Waals surface area contributed by atoms with Crippen molar-refractivity contribution in [1.29, 1.82) is 0 Å². The number of thiocarbonyl (C=S) groups is 1. The minimum atomic E-state index is -0.125. The van der Waals surface area contributed by atoms with Crippen LogP contribution in [-0.4, -0.2) is 37.8 Å². The predicted octanol–water partition coefficient (Wildman–Crippen LogP) is 4.76. The van der Waals surface area contributed by atoms with Gasteiger partial charge in [0.1, 0.15) is 0 Å². The van der Waals surface area contributed by atoms with Gasteiger partial charge in [-0.1, -0.05) is 29.3 Å². The third-order valence-corrected chi connectivity index (χ3v) is 6.37. The molecule has 1 fully saturated rings. The first-order chi connectivity index (χ1) is 14.4. The van der Waals surface area contributed by atoms with Gasteiger partial charge in [0.2, 0.25) is 0 Å². The Bertz CT molecular complexity index is 1090. The number of halogens is 2. The van der Waals surface area contributed by atoms with Gasteiger partial charge in [0.25, 0.3) is 0 Å². The average Bonchev–Trinajstić information content (AvgIpc) is 3.19. The molecular weight excluding hydrogens is 439 g/mol. The van der Waals surface area contributed by atoms with E-state index >= 15 is 0 Å². The number of aryl methyl sites for hydroxylation is 1. The van der Waals surface area contributed by atoms with Gasteiger partial charge in [0.05, 0.1) is 35.1 Å². The van der Waals surface area contributed by atoms with Crippen molar-refractivity contribution in [3.05, 3.63) is 81.4 Å². The van der Waals surface area contributed by atoms with Crippen LogP contribution < -0.4 is 5.32 Å². The molecule has 1 aliphatic heterocycles. The minimum absolute atomic E-state index is 0.00894. The van der Waals surface area contributed by atoms with Crippen molar-refractivity contribution in [2.75, 3.05) is 13.2 Å². The summed E-state index contributed by atoms with van der Waals surface area (Å²) in [5.74, 6) is 0. The molecule has 156 valence electrons. The highest BCUT2D eigenvalue weighted by atomic mass is 35.5. The van der Waals surface area contributed by atoms with E-state index in [9.17, 15) is 5.11 Å². The number of aliphatic hydroxyl groups is 1. The number of nitrogens with one attached hydrogen (secondary N) is 1. The molecule has 0 bridgehead atoms. The van der Waals surface area contributed by atoms with Crippen LogP contribution in [0.4, 0.5) is 0 Å². The van der Waals surface area contributed by atoms with Crippen molar-refractivity contribution in [1.82, 2.24) is 19.8 Å². The maximum absolute atomic E-state index is 9.66. The number of β-amino-alcohol motifs (C(OH)–C–C–N with tert-alkyl or cyclic N) is 1. The number of aliphatic hydroxyl groups excluding tert-OH is 1. The van der Waals surface area contributed by atoms with Crippen LogP contribution in [0.15, 0.2) is 48.7 Å². The molecule has 30 heavy (non-hydrogen) atoms. The van der Waals surface area contributed by atoms with E-state index in [1.807, 2.05) is 42.2 Å². The zero-order valence-corrected chi connectivity index (χ0v) is 19.0. The lowest BCUT2D eigenvalue weighted by Crippen LogP contribution is -2.32. The van der Waals surface area contributed by atoms with Gasteiger partial charge < -0.3 is 19.9 Å². The van der Waals surface area contributed by atoms with Gasteiger partial charge >= 0.3 is 0 Å². The second kappa shape index (κ2) is 8.55. The molecule has 1 aliphatic rings. The van der Waals surface area contributed by atoms with E-state index in [0.29, 0.717) is 21.7 Å². The molecule has 1 aromatic carbocycles. The van der Waals surface area contributed by atoms with Crippen molar-refractivity contribution < 1.29 is 5.11 Å². The van der Waals surface area contributed by atoms with Gasteiger partial charge in [0, 0.05) is 29.2 Å². The van der Waals surface area contributed by atoms with Gasteiger partial charge in [-0.05, 0) is 68.0 Å². The summed E-state index contributed by atoms with van der Waals surface area (Å²) < 4.78 is 2.13. The van der Waals surface area contributed by atoms with E-state index in [1.165, 1.54) is 0 Å². The van der Waals surface area contributed by atoms with Gasteiger partial charge in [-0.25, -0.2) is 0 Å². The minimum Gasteiger partial charge on any atom is -0.395 e. The Labute approximate surface area is 191 Å². The molecule has 2 atom stereocenters. The summed E-state index contributed by atoms with van der Waals surface area (Å²) in [7, 11) is 0. The molecule has 5 nitrogen and oxygen atoms in total. The van der Waals surface area contributed by atoms with Crippen LogP contribution in [0.25, 0.3) is 5.69 Å². The molecule has 3 aromatic rings. The summed E-state index contributed by atoms with van der Waals surface area (Å²) in [5.41, 5.74) is 4.99. The number of pyridine rings is 1. The highest BCUT2D eigenvalue weighted by molar-refractivity contribution is 7.80. The van der Waals surface area contributed by atoms with Crippen LogP contribution in [0.1, 0.15) is 34.7 Å². The standard InChI is InChI=1S/C22H22Cl2N4OS/c1-13-11-16(14(2)28(13)19-7-6-15(23)12-17(19)24)21-20(18-5-3-4-8-25-18)26-22(30)27(21)9-10-29/h3-8,11-12,20-21,29H,9-10H2,1-2H3,(H,26,30)/t20-,21-/m1/s1. The Morgan fingerprint density at radius 3 is 2.63 bits per heavy atom. The van der Waals surface area contributed by atoms with E-state index in [1.54, 1.807) is 12.3 Å². The van der Waals surface area contributed by atoms with Gasteiger partial charge in [-0.15, -0.1) is 0 Å². The van der Waals surface area contributed by atoms with Crippen LogP contribution in [0.3, 0.4) is 0 Å². The highest BCUT2D eigenvalue weighted by Gasteiger charge is 2.41. The maximum Gasteiger partial charge on any atom is 0.170 e. The summed E-state index contributed by atoms with van der Waals surface area (Å²) in [6, 6.07) is 13.3. The topological polar surface area (TPSA) is 53.3 Å². The first kappa shape index (κ1) is 21.1. The van der Waals surface area contributed by atoms with E-state index in [2.05, 4.69) is 27.9 Å². The summed E-state index contributed by atoms with van der Waals surface area (Å²) >= 11 is 18.2. The molecule has 8 heteroatoms. The monoisotopic (exact) mass is 460 g/mol. The molecule has 2 N–H and O–H groups in total. The van der Waals surface area contributed by atoms with Crippen LogP contribution in [0.2, 0.25) is 10.0 Å². The normalized spacial score (nSPS) is 18.7. The van der Waals surface area contributed by atoms with E-state index in [4.69, 9.17) is 35.4 Å². The summed E-state index contributed by atoms with van der Waals surface area (Å²) in [4.78, 5) is 6.58. The number of rotatable bonds is 5. The van der Waals surface area contributed by atoms with Gasteiger partial charge in [-0.3, -0.25) is 4.98 Å². The average molecular weight is 461 g/mol. The quantitative estimate of drug-likeness (QED) is 0.537. The molecule has 2 aromatic heterocycles. The van der Waals surface area contributed by atoms with Crippen LogP contribution in [-0.2, 0) is 0 Å². The highest BCUT2D eigenvalue weighted by Crippen LogP contribution is 2.41. The third-order valence-electron chi connectivity index (χ3n) is 5.48. The van der Waals surface area contributed by atoms with Crippen LogP contribution >= 0.6 is 35.4 Å². The SMILES string of the molecule is Cc1cc([C@@H]2[C@@H](c3ccccn3)NC(=S)N2CCO)c(C)n1-c1ccc(Cl)cc1Cl. The molecule has 0 aliphatic carbocycles. The Hall–Kier alpha value is -2.12. The molecule has 3 heterocycles. The number of hydrogen-bond acceptors (Lipinski definition) is 3. The summed E-state index contributed by atoms with van der Waals surface area (Å²) in [6.07, 6.45) is 1.78. The van der Waals surface area contributed by atoms with E-state index in [-0.39, 0.29) is 18.7 Å². The number of aromatic nitrogens is 2. The van der Waals surface area contributed by atoms with Gasteiger partial charge in [-0.2, -0.15) is 0 Å². The van der Waals surface area contributed by atoms with Crippen molar-refractivity contribution in [3.8, 4) is 5.69 Å².